The van der Waals surface area contributed by atoms with E-state index >= 15 is 0 Å². The van der Waals surface area contributed by atoms with Crippen molar-refractivity contribution in [1.82, 2.24) is 9.88 Å². The fourth-order valence-electron chi connectivity index (χ4n) is 4.83. The van der Waals surface area contributed by atoms with Gasteiger partial charge in [-0.25, -0.2) is 0 Å². The smallest absolute Gasteiger partial charge is 0.225 e. The van der Waals surface area contributed by atoms with Crippen LogP contribution in [0.15, 0.2) is 36.5 Å². The lowest BCUT2D eigenvalue weighted by Gasteiger charge is -2.26. The highest BCUT2D eigenvalue weighted by Gasteiger charge is 2.27. The van der Waals surface area contributed by atoms with Crippen LogP contribution in [0.2, 0.25) is 0 Å². The predicted molar refractivity (Wildman–Crippen MR) is 124 cm³/mol. The first-order valence-electron chi connectivity index (χ1n) is 11.3. The molecule has 1 aliphatic heterocycles. The minimum atomic E-state index is 0.196. The Hall–Kier alpha value is -2.01. The summed E-state index contributed by atoms with van der Waals surface area (Å²) in [6.45, 7) is 0.585. The van der Waals surface area contributed by atoms with Crippen molar-refractivity contribution in [3.8, 4) is 0 Å². The molecule has 5 heteroatoms. The molecule has 0 bridgehead atoms. The summed E-state index contributed by atoms with van der Waals surface area (Å²) in [4.78, 5) is 19.1. The molecular weight excluding hydrogens is 390 g/mol. The van der Waals surface area contributed by atoms with Gasteiger partial charge in [0.2, 0.25) is 5.91 Å². The molecule has 3 aliphatic rings. The molecular formula is C25H31N3OS. The third-order valence-electron chi connectivity index (χ3n) is 6.75. The molecule has 1 amide bonds. The summed E-state index contributed by atoms with van der Waals surface area (Å²) in [6, 6.07) is 11.7. The third kappa shape index (κ3) is 4.51. The van der Waals surface area contributed by atoms with E-state index in [2.05, 4.69) is 40.6 Å². The highest BCUT2D eigenvalue weighted by Crippen LogP contribution is 2.41. The van der Waals surface area contributed by atoms with Gasteiger partial charge in [-0.15, -0.1) is 0 Å². The monoisotopic (exact) mass is 421 g/mol. The lowest BCUT2D eigenvalue weighted by Crippen LogP contribution is -2.34. The van der Waals surface area contributed by atoms with Crippen LogP contribution in [0.5, 0.6) is 0 Å². The molecule has 158 valence electrons. The SMILES string of the molecule is CN(Cc1ccc(NC2Cc3ccc(C4CC4)cc3C2)cn1)C(=O)C1CCSCC1. The zero-order valence-corrected chi connectivity index (χ0v) is 18.6. The minimum absolute atomic E-state index is 0.196. The molecule has 0 spiro atoms. The van der Waals surface area contributed by atoms with Gasteiger partial charge < -0.3 is 10.2 Å². The molecule has 1 aromatic carbocycles. The van der Waals surface area contributed by atoms with Crippen molar-refractivity contribution in [2.75, 3.05) is 23.9 Å². The lowest BCUT2D eigenvalue weighted by atomic mass is 10.0. The standard InChI is InChI=1S/C25H31N3OS/c1-28(25(29)18-8-10-30-11-9-18)16-23-7-6-22(15-26-23)27-24-13-20-5-4-19(17-2-3-17)12-21(20)14-24/h4-7,12,15,17-18,24,27H,2-3,8-11,13-14,16H2,1H3. The quantitative estimate of drug-likeness (QED) is 0.738. The Labute approximate surface area is 183 Å². The first kappa shape index (κ1) is 19.9. The molecule has 2 aromatic rings. The number of nitrogens with zero attached hydrogens (tertiary/aromatic N) is 2. The highest BCUT2D eigenvalue weighted by atomic mass is 32.2. The number of benzene rings is 1. The number of nitrogens with one attached hydrogen (secondary N) is 1. The summed E-state index contributed by atoms with van der Waals surface area (Å²) >= 11 is 1.96. The van der Waals surface area contributed by atoms with Crippen LogP contribution >= 0.6 is 11.8 Å². The molecule has 5 rings (SSSR count). The number of fused-ring (bicyclic) bond motifs is 1. The molecule has 4 nitrogen and oxygen atoms in total. The van der Waals surface area contributed by atoms with Gasteiger partial charge in [0.25, 0.3) is 0 Å². The van der Waals surface area contributed by atoms with Gasteiger partial charge in [-0.1, -0.05) is 18.2 Å². The molecule has 1 N–H and O–H groups in total. The number of pyridine rings is 1. The van der Waals surface area contributed by atoms with Crippen LogP contribution in [-0.4, -0.2) is 40.4 Å². The van der Waals surface area contributed by atoms with Crippen LogP contribution in [0, 0.1) is 5.92 Å². The van der Waals surface area contributed by atoms with Gasteiger partial charge in [-0.05, 0) is 84.8 Å². The Balaban J connectivity index is 1.15. The summed E-state index contributed by atoms with van der Waals surface area (Å²) < 4.78 is 0. The van der Waals surface area contributed by atoms with Crippen LogP contribution in [0.1, 0.15) is 54.0 Å². The maximum absolute atomic E-state index is 12.7. The third-order valence-corrected chi connectivity index (χ3v) is 7.80. The van der Waals surface area contributed by atoms with E-state index in [1.807, 2.05) is 29.9 Å². The Kier molecular flexibility index (Phi) is 5.72. The Bertz CT molecular complexity index is 903. The Morgan fingerprint density at radius 1 is 1.10 bits per heavy atom. The van der Waals surface area contributed by atoms with Crippen LogP contribution < -0.4 is 5.32 Å². The van der Waals surface area contributed by atoms with Crippen molar-refractivity contribution in [3.63, 3.8) is 0 Å². The van der Waals surface area contributed by atoms with Crippen molar-refractivity contribution in [2.24, 2.45) is 5.92 Å². The fraction of sp³-hybridized carbons (Fsp3) is 0.520. The predicted octanol–water partition coefficient (Wildman–Crippen LogP) is 4.64. The molecule has 1 aromatic heterocycles. The first-order chi connectivity index (χ1) is 14.7. The van der Waals surface area contributed by atoms with Crippen LogP contribution in [0.4, 0.5) is 5.69 Å². The number of amides is 1. The number of carbonyl (C=O) groups excluding carboxylic acids is 1. The molecule has 1 saturated carbocycles. The van der Waals surface area contributed by atoms with Gasteiger partial charge >= 0.3 is 0 Å². The molecule has 1 atom stereocenters. The highest BCUT2D eigenvalue weighted by molar-refractivity contribution is 7.99. The molecule has 0 radical (unpaired) electrons. The van der Waals surface area contributed by atoms with Crippen molar-refractivity contribution >= 4 is 23.4 Å². The second kappa shape index (κ2) is 8.62. The van der Waals surface area contributed by atoms with E-state index in [0.717, 1.165) is 54.5 Å². The van der Waals surface area contributed by atoms with E-state index in [9.17, 15) is 4.79 Å². The molecule has 1 saturated heterocycles. The van der Waals surface area contributed by atoms with Gasteiger partial charge in [0.05, 0.1) is 24.1 Å². The summed E-state index contributed by atoms with van der Waals surface area (Å²) in [6.07, 6.45) is 8.83. The first-order valence-corrected chi connectivity index (χ1v) is 12.5. The van der Waals surface area contributed by atoms with Crippen molar-refractivity contribution in [1.29, 1.82) is 0 Å². The van der Waals surface area contributed by atoms with Crippen molar-refractivity contribution in [2.45, 2.75) is 57.0 Å². The van der Waals surface area contributed by atoms with Gasteiger partial charge in [0.1, 0.15) is 0 Å². The topological polar surface area (TPSA) is 45.2 Å². The molecule has 30 heavy (non-hydrogen) atoms. The Morgan fingerprint density at radius 3 is 2.63 bits per heavy atom. The Morgan fingerprint density at radius 2 is 1.90 bits per heavy atom. The van der Waals surface area contributed by atoms with Gasteiger partial charge in [0, 0.05) is 19.0 Å². The average molecular weight is 422 g/mol. The van der Waals surface area contributed by atoms with Crippen molar-refractivity contribution < 1.29 is 4.79 Å². The lowest BCUT2D eigenvalue weighted by molar-refractivity contribution is -0.135. The van der Waals surface area contributed by atoms with Gasteiger partial charge in [-0.2, -0.15) is 11.8 Å². The number of thioether (sulfide) groups is 1. The number of aromatic nitrogens is 1. The second-order valence-corrected chi connectivity index (χ2v) is 10.4. The minimum Gasteiger partial charge on any atom is -0.380 e. The molecule has 2 heterocycles. The van der Waals surface area contributed by atoms with E-state index in [4.69, 9.17) is 0 Å². The number of rotatable bonds is 6. The molecule has 1 unspecified atom stereocenters. The number of hydrogen-bond donors (Lipinski definition) is 1. The normalized spacial score (nSPS) is 21.3. The largest absolute Gasteiger partial charge is 0.380 e. The second-order valence-electron chi connectivity index (χ2n) is 9.17. The fourth-order valence-corrected chi connectivity index (χ4v) is 5.93. The van der Waals surface area contributed by atoms with E-state index in [1.54, 1.807) is 0 Å². The van der Waals surface area contributed by atoms with Crippen LogP contribution in [0.25, 0.3) is 0 Å². The maximum Gasteiger partial charge on any atom is 0.225 e. The van der Waals surface area contributed by atoms with Crippen LogP contribution in [-0.2, 0) is 24.2 Å². The molecule has 2 aliphatic carbocycles. The zero-order chi connectivity index (χ0) is 20.5. The number of anilines is 1. The average Bonchev–Trinajstić information content (AvgIpc) is 3.55. The summed E-state index contributed by atoms with van der Waals surface area (Å²) in [7, 11) is 1.91. The zero-order valence-electron chi connectivity index (χ0n) is 17.8. The molecule has 2 fully saturated rings. The van der Waals surface area contributed by atoms with Gasteiger partial charge in [-0.3, -0.25) is 9.78 Å². The summed E-state index contributed by atoms with van der Waals surface area (Å²) in [5, 5.41) is 3.66. The number of carbonyl (C=O) groups is 1. The van der Waals surface area contributed by atoms with E-state index < -0.39 is 0 Å². The summed E-state index contributed by atoms with van der Waals surface area (Å²) in [5.41, 5.74) is 6.55. The van der Waals surface area contributed by atoms with E-state index in [-0.39, 0.29) is 11.8 Å². The van der Waals surface area contributed by atoms with Crippen molar-refractivity contribution in [3.05, 3.63) is 58.9 Å². The summed E-state index contributed by atoms with van der Waals surface area (Å²) in [5.74, 6) is 3.50. The van der Waals surface area contributed by atoms with Gasteiger partial charge in [0.15, 0.2) is 0 Å². The van der Waals surface area contributed by atoms with Crippen LogP contribution in [0.3, 0.4) is 0 Å². The maximum atomic E-state index is 12.7. The van der Waals surface area contributed by atoms with E-state index in [0.29, 0.717) is 12.6 Å². The number of hydrogen-bond acceptors (Lipinski definition) is 4. The van der Waals surface area contributed by atoms with E-state index in [1.165, 1.54) is 29.5 Å².